The fourth-order valence-electron chi connectivity index (χ4n) is 17.3. The summed E-state index contributed by atoms with van der Waals surface area (Å²) in [6, 6.07) is 28.5. The molecule has 496 valence electrons. The summed E-state index contributed by atoms with van der Waals surface area (Å²) in [5.41, 5.74) is 4.31. The number of hydrogen-bond donors (Lipinski definition) is 2. The van der Waals surface area contributed by atoms with Crippen LogP contribution >= 0.6 is 0 Å². The van der Waals surface area contributed by atoms with E-state index in [0.29, 0.717) is 113 Å². The van der Waals surface area contributed by atoms with E-state index in [1.54, 1.807) is 6.08 Å². The molecule has 0 radical (unpaired) electrons. The van der Waals surface area contributed by atoms with Gasteiger partial charge in [-0.3, -0.25) is 24.2 Å². The van der Waals surface area contributed by atoms with Crippen LogP contribution in [0.1, 0.15) is 118 Å². The van der Waals surface area contributed by atoms with Gasteiger partial charge in [0, 0.05) is 29.7 Å². The van der Waals surface area contributed by atoms with Crippen LogP contribution in [0.5, 0.6) is 17.6 Å². The quantitative estimate of drug-likeness (QED) is 0.0376. The van der Waals surface area contributed by atoms with Gasteiger partial charge < -0.3 is 47.8 Å². The molecule has 6 bridgehead atoms. The second kappa shape index (κ2) is 29.4. The average Bonchev–Trinajstić information content (AvgIpc) is 1.46. The number of esters is 1. The third-order valence-corrected chi connectivity index (χ3v) is 21.4. The van der Waals surface area contributed by atoms with Crippen LogP contribution in [-0.4, -0.2) is 101 Å². The van der Waals surface area contributed by atoms with Gasteiger partial charge in [0.2, 0.25) is 0 Å². The summed E-state index contributed by atoms with van der Waals surface area (Å²) >= 11 is 0. The van der Waals surface area contributed by atoms with Crippen molar-refractivity contribution >= 4 is 29.1 Å². The number of nitrogens with zero attached hydrogens (tertiary/aromatic N) is 5. The molecule has 6 aromatic rings. The maximum absolute atomic E-state index is 13.7. The summed E-state index contributed by atoms with van der Waals surface area (Å²) in [7, 11) is 9.14. The number of aliphatic hydroxyl groups excluding tert-OH is 2. The van der Waals surface area contributed by atoms with Crippen molar-refractivity contribution in [3.05, 3.63) is 208 Å². The van der Waals surface area contributed by atoms with E-state index < -0.39 is 18.4 Å². The fourth-order valence-corrected chi connectivity index (χ4v) is 17.3. The molecule has 20 heteroatoms. The molecule has 0 amide bonds. The second-order valence-electron chi connectivity index (χ2n) is 27.2. The number of Topliss-reactive ketones (excluding diaryl/α,β-unsaturated/α-hetero) is 2. The normalized spacial score (nSPS) is 28.6. The Morgan fingerprint density at radius 3 is 1.70 bits per heavy atom. The maximum atomic E-state index is 13.7. The van der Waals surface area contributed by atoms with Gasteiger partial charge in [-0.2, -0.15) is 0 Å². The number of ketones is 3. The number of hydrogen-bond acceptors (Lipinski definition) is 19. The number of aryl methyl sites for hydroxylation is 1. The van der Waals surface area contributed by atoms with Crippen LogP contribution in [0.25, 0.3) is 5.76 Å². The van der Waals surface area contributed by atoms with Gasteiger partial charge >= 0.3 is 35.5 Å². The van der Waals surface area contributed by atoms with Crippen LogP contribution in [0, 0.1) is 82.9 Å². The van der Waals surface area contributed by atoms with Crippen molar-refractivity contribution in [1.82, 2.24) is 25.3 Å². The molecular formula is C76H82N5NaO14. The number of aromatic nitrogens is 3. The number of fused-ring (bicyclic) bond motifs is 17. The Labute approximate surface area is 581 Å². The molecule has 0 saturated heterocycles. The molecule has 0 spiro atoms. The van der Waals surface area contributed by atoms with Crippen molar-refractivity contribution in [3.63, 3.8) is 0 Å². The monoisotopic (exact) mass is 1310 g/mol. The zero-order chi connectivity index (χ0) is 66.2. The number of benzene rings is 3. The summed E-state index contributed by atoms with van der Waals surface area (Å²) in [5, 5.41) is 45.4. The van der Waals surface area contributed by atoms with Crippen molar-refractivity contribution in [2.75, 3.05) is 41.9 Å². The molecular weight excluding hydrogens is 1230 g/mol. The molecule has 4 fully saturated rings. The van der Waals surface area contributed by atoms with Crippen molar-refractivity contribution in [1.29, 1.82) is 0 Å². The Bertz CT molecular complexity index is 3980. The van der Waals surface area contributed by atoms with Gasteiger partial charge in [-0.05, 0) is 170 Å². The van der Waals surface area contributed by atoms with E-state index in [-0.39, 0.29) is 118 Å². The Morgan fingerprint density at radius 2 is 1.16 bits per heavy atom. The minimum Gasteiger partial charge on any atom is -0.875 e. The van der Waals surface area contributed by atoms with Crippen LogP contribution in [0.15, 0.2) is 171 Å². The number of carbonyl (C=O) groups is 4. The smallest absolute Gasteiger partial charge is 0.875 e. The first-order chi connectivity index (χ1) is 46.1. The largest absolute Gasteiger partial charge is 1.00 e. The van der Waals surface area contributed by atoms with Gasteiger partial charge in [0.15, 0.2) is 40.2 Å². The molecule has 96 heavy (non-hydrogen) atoms. The molecule has 0 aliphatic heterocycles. The first-order valence-electron chi connectivity index (χ1n) is 33.3. The van der Waals surface area contributed by atoms with Gasteiger partial charge in [-0.15, -0.1) is 5.76 Å². The zero-order valence-corrected chi connectivity index (χ0v) is 57.4. The van der Waals surface area contributed by atoms with E-state index in [9.17, 15) is 29.4 Å². The molecule has 2 N–H and O–H groups in total. The molecule has 4 saturated carbocycles. The molecule has 16 atom stereocenters. The molecule has 16 rings (SSSR count). The van der Waals surface area contributed by atoms with Crippen LogP contribution in [0.4, 0.5) is 0 Å². The third kappa shape index (κ3) is 13.2. The molecule has 3 heterocycles. The van der Waals surface area contributed by atoms with Gasteiger partial charge in [0.25, 0.3) is 17.6 Å². The summed E-state index contributed by atoms with van der Waals surface area (Å²) in [5.74, 6) is 6.05. The molecule has 0 unspecified atom stereocenters. The number of ether oxygens (including phenoxy) is 4. The SMILES string of the molecule is CCc1onc(OCc2ccccc2)c1C(=O)CO.CN(C)[C@H]1c2onc(OCc3ccccc3)c2C(O)=C2C(=O)[C@H]3[C@@H](C[C@H]21)[C@H]1C=C[C@@H]3C1.COC(=O)c1c(OCc2ccccc2)noc1[C@@H]([C@H]1C=C([O-])[C@H]2[C@@H](C1)[C@H]1C=C[C@@H]2C1)N(C)C.O=C1C=CC[C@@H]2[C@H]1[C@@H]1C=C[C@H]2C1.[Na+]. The average molecular weight is 1310 g/mol. The summed E-state index contributed by atoms with van der Waals surface area (Å²) in [6.45, 7) is 2.11. The Kier molecular flexibility index (Phi) is 20.9. The van der Waals surface area contributed by atoms with Gasteiger partial charge in [0.1, 0.15) is 43.3 Å². The topological polar surface area (TPSA) is 253 Å². The van der Waals surface area contributed by atoms with Crippen molar-refractivity contribution < 1.29 is 96.6 Å². The molecule has 19 nitrogen and oxygen atoms in total. The fraction of sp³-hybridized carbons (Fsp3) is 0.434. The van der Waals surface area contributed by atoms with Gasteiger partial charge in [-0.25, -0.2) is 4.79 Å². The molecule has 3 aromatic carbocycles. The minimum absolute atomic E-state index is 0. The van der Waals surface area contributed by atoms with Crippen molar-refractivity contribution in [2.24, 2.45) is 82.9 Å². The summed E-state index contributed by atoms with van der Waals surface area (Å²) in [6.07, 6.45) is 26.0. The van der Waals surface area contributed by atoms with Crippen molar-refractivity contribution in [2.45, 2.75) is 83.8 Å². The van der Waals surface area contributed by atoms with Crippen LogP contribution in [-0.2, 0) is 40.6 Å². The first kappa shape index (κ1) is 68.0. The van der Waals surface area contributed by atoms with Crippen molar-refractivity contribution in [3.8, 4) is 17.6 Å². The number of carbonyl (C=O) groups excluding carboxylic acids is 4. The van der Waals surface area contributed by atoms with E-state index in [2.05, 4.69) is 62.9 Å². The Hall–Kier alpha value is -7.91. The predicted molar refractivity (Wildman–Crippen MR) is 348 cm³/mol. The van der Waals surface area contributed by atoms with Gasteiger partial charge in [-0.1, -0.05) is 147 Å². The first-order valence-corrected chi connectivity index (χ1v) is 33.3. The van der Waals surface area contributed by atoms with Crippen LogP contribution < -0.4 is 48.9 Å². The number of rotatable bonds is 17. The van der Waals surface area contributed by atoms with Crippen LogP contribution in [0.2, 0.25) is 0 Å². The third-order valence-electron chi connectivity index (χ3n) is 21.4. The zero-order valence-electron chi connectivity index (χ0n) is 55.4. The van der Waals surface area contributed by atoms with E-state index in [4.69, 9.17) is 37.6 Å². The molecule has 3 aromatic heterocycles. The van der Waals surface area contributed by atoms with E-state index in [0.717, 1.165) is 48.8 Å². The summed E-state index contributed by atoms with van der Waals surface area (Å²) < 4.78 is 38.9. The van der Waals surface area contributed by atoms with E-state index >= 15 is 0 Å². The Morgan fingerprint density at radius 1 is 0.646 bits per heavy atom. The molecule has 10 aliphatic rings. The number of methoxy groups -OCH3 is 1. The number of aliphatic hydroxyl groups is 2. The predicted octanol–water partition coefficient (Wildman–Crippen LogP) is 8.46. The van der Waals surface area contributed by atoms with E-state index in [1.807, 2.05) is 137 Å². The Balaban J connectivity index is 0.000000129. The maximum Gasteiger partial charge on any atom is 1.00 e. The summed E-state index contributed by atoms with van der Waals surface area (Å²) in [4.78, 5) is 53.7. The number of allylic oxidation sites excluding steroid dienone is 9. The van der Waals surface area contributed by atoms with Crippen LogP contribution in [0.3, 0.4) is 0 Å². The van der Waals surface area contributed by atoms with E-state index in [1.165, 1.54) is 13.5 Å². The standard InChI is InChI=1S/C26H30N2O5.C25H26N2O4.C14H15NO4.C11H12O.Na/c1-28(2)23(18-12-19-16-9-10-17(11-16)21(19)20(29)13-18)24-22(26(30)31-3)25(27-33-24)32-14-15-7-5-4-6-8-15;1-27(2)21-17-11-16-14-8-9-15(10-14)18(16)22(28)19(17)23(29)20-24(21)31-26-25(20)30-12-13-6-4-3-5-7-13;1-2-12-13(11(17)8-16)14(15-19-12)18-9-10-6-4-3-5-7-10;12-10-3-1-2-9-7-4-5-8(6-7)11(9)10;/h4-10,13,16-19,21,23,29H,11-12,14H2,1-3H3;3-9,14-18,21,29H,10-12H2,1-2H3;3-7,16H,2,8-9H2,1H3;1,3-5,7-9,11H,2,6H2;/q;;;;+1/p-1/t16-,17+,18+,19-,21+,23+;14-,15+,16-,17+,18+,21+;;7-,8+,9-,11+;/m00.0./s1. The molecule has 10 aliphatic carbocycles. The van der Waals surface area contributed by atoms with Gasteiger partial charge in [0.05, 0.1) is 19.2 Å². The second-order valence-corrected chi connectivity index (χ2v) is 27.2. The minimum atomic E-state index is -0.587.